The molecule has 0 radical (unpaired) electrons. The molecule has 0 bridgehead atoms. The Labute approximate surface area is 142 Å². The summed E-state index contributed by atoms with van der Waals surface area (Å²) in [6.45, 7) is 4.15. The van der Waals surface area contributed by atoms with Crippen molar-refractivity contribution in [1.82, 2.24) is 0 Å². The number of aryl methyl sites for hydroxylation is 2. The molecule has 124 valence electrons. The topological polar surface area (TPSA) is 58.2 Å². The van der Waals surface area contributed by atoms with E-state index in [2.05, 4.69) is 24.5 Å². The van der Waals surface area contributed by atoms with E-state index in [0.717, 1.165) is 12.8 Å². The number of hydrogen-bond donors (Lipinski definition) is 2. The Hall–Kier alpha value is -2.88. The number of carbonyl (C=O) groups excluding carboxylic acids is 2. The first-order chi connectivity index (χ1) is 11.6. The van der Waals surface area contributed by atoms with Crippen molar-refractivity contribution in [3.63, 3.8) is 0 Å². The largest absolute Gasteiger partial charge is 0.323 e. The second-order valence-electron chi connectivity index (χ2n) is 5.41. The van der Waals surface area contributed by atoms with Crippen molar-refractivity contribution in [3.05, 3.63) is 71.8 Å². The second kappa shape index (κ2) is 8.67. The van der Waals surface area contributed by atoms with Crippen LogP contribution in [0.4, 0.5) is 11.4 Å². The number of rotatable bonds is 6. The highest BCUT2D eigenvalue weighted by Gasteiger charge is 2.01. The van der Waals surface area contributed by atoms with Gasteiger partial charge in [0.15, 0.2) is 0 Å². The standard InChI is InChI=1S/C20H22N2O2/c1-3-15-5-9-17(10-6-15)21-19(23)13-14-20(24)22-18-11-7-16(4-2)8-12-18/h5-14H,3-4H2,1-2H3,(H,21,23)(H,22,24)/b14-13+. The molecule has 0 aliphatic carbocycles. The van der Waals surface area contributed by atoms with E-state index in [4.69, 9.17) is 0 Å². The van der Waals surface area contributed by atoms with E-state index < -0.39 is 0 Å². The van der Waals surface area contributed by atoms with Gasteiger partial charge in [-0.15, -0.1) is 0 Å². The smallest absolute Gasteiger partial charge is 0.248 e. The highest BCUT2D eigenvalue weighted by Crippen LogP contribution is 2.11. The van der Waals surface area contributed by atoms with Crippen molar-refractivity contribution in [2.45, 2.75) is 26.7 Å². The van der Waals surface area contributed by atoms with Crippen LogP contribution in [0.15, 0.2) is 60.7 Å². The first-order valence-corrected chi connectivity index (χ1v) is 8.08. The summed E-state index contributed by atoms with van der Waals surface area (Å²) in [5, 5.41) is 5.44. The van der Waals surface area contributed by atoms with Gasteiger partial charge in [-0.1, -0.05) is 38.1 Å². The van der Waals surface area contributed by atoms with Crippen LogP contribution in [0.2, 0.25) is 0 Å². The number of amides is 2. The minimum Gasteiger partial charge on any atom is -0.323 e. The maximum atomic E-state index is 11.8. The Morgan fingerprint density at radius 1 is 0.708 bits per heavy atom. The molecule has 0 aliphatic rings. The molecule has 2 amide bonds. The van der Waals surface area contributed by atoms with Gasteiger partial charge >= 0.3 is 0 Å². The van der Waals surface area contributed by atoms with Crippen LogP contribution in [0, 0.1) is 0 Å². The maximum Gasteiger partial charge on any atom is 0.248 e. The lowest BCUT2D eigenvalue weighted by atomic mass is 10.1. The van der Waals surface area contributed by atoms with E-state index in [1.165, 1.54) is 23.3 Å². The third kappa shape index (κ3) is 5.39. The Morgan fingerprint density at radius 3 is 1.33 bits per heavy atom. The molecule has 4 heteroatoms. The van der Waals surface area contributed by atoms with Gasteiger partial charge in [-0.25, -0.2) is 0 Å². The molecule has 0 fully saturated rings. The molecule has 0 heterocycles. The Morgan fingerprint density at radius 2 is 1.04 bits per heavy atom. The van der Waals surface area contributed by atoms with Crippen molar-refractivity contribution < 1.29 is 9.59 Å². The van der Waals surface area contributed by atoms with E-state index in [9.17, 15) is 9.59 Å². The third-order valence-electron chi connectivity index (χ3n) is 3.65. The molecule has 0 spiro atoms. The number of carbonyl (C=O) groups is 2. The van der Waals surface area contributed by atoms with E-state index in [1.54, 1.807) is 0 Å². The highest BCUT2D eigenvalue weighted by atomic mass is 16.2. The van der Waals surface area contributed by atoms with Crippen molar-refractivity contribution in [2.24, 2.45) is 0 Å². The predicted molar refractivity (Wildman–Crippen MR) is 98.0 cm³/mol. The number of anilines is 2. The summed E-state index contributed by atoms with van der Waals surface area (Å²) in [5.41, 5.74) is 3.82. The second-order valence-corrected chi connectivity index (χ2v) is 5.41. The molecule has 4 nitrogen and oxygen atoms in total. The van der Waals surface area contributed by atoms with Crippen molar-refractivity contribution in [1.29, 1.82) is 0 Å². The first-order valence-electron chi connectivity index (χ1n) is 8.08. The zero-order valence-electron chi connectivity index (χ0n) is 14.0. The lowest BCUT2D eigenvalue weighted by Gasteiger charge is -2.04. The molecule has 24 heavy (non-hydrogen) atoms. The normalized spacial score (nSPS) is 10.6. The SMILES string of the molecule is CCc1ccc(NC(=O)/C=C/C(=O)Nc2ccc(CC)cc2)cc1. The van der Waals surface area contributed by atoms with Gasteiger partial charge < -0.3 is 10.6 Å². The average Bonchev–Trinajstić information content (AvgIpc) is 2.61. The van der Waals surface area contributed by atoms with Crippen LogP contribution in [0.25, 0.3) is 0 Å². The van der Waals surface area contributed by atoms with Crippen molar-refractivity contribution in [2.75, 3.05) is 10.6 Å². The highest BCUT2D eigenvalue weighted by molar-refractivity contribution is 6.06. The predicted octanol–water partition coefficient (Wildman–Crippen LogP) is 3.94. The lowest BCUT2D eigenvalue weighted by Crippen LogP contribution is -2.12. The van der Waals surface area contributed by atoms with Crippen LogP contribution in [-0.2, 0) is 22.4 Å². The molecule has 0 aliphatic heterocycles. The monoisotopic (exact) mass is 322 g/mol. The van der Waals surface area contributed by atoms with Crippen LogP contribution in [0.5, 0.6) is 0 Å². The fourth-order valence-corrected chi connectivity index (χ4v) is 2.17. The molecular weight excluding hydrogens is 300 g/mol. The van der Waals surface area contributed by atoms with E-state index in [1.807, 2.05) is 48.5 Å². The molecule has 0 unspecified atom stereocenters. The van der Waals surface area contributed by atoms with Gasteiger partial charge in [-0.2, -0.15) is 0 Å². The lowest BCUT2D eigenvalue weighted by molar-refractivity contribution is -0.114. The van der Waals surface area contributed by atoms with Gasteiger partial charge in [-0.3, -0.25) is 9.59 Å². The molecule has 2 aromatic rings. The summed E-state index contributed by atoms with van der Waals surface area (Å²) in [6, 6.07) is 15.2. The quantitative estimate of drug-likeness (QED) is 0.791. The average molecular weight is 322 g/mol. The fraction of sp³-hybridized carbons (Fsp3) is 0.200. The van der Waals surface area contributed by atoms with Gasteiger partial charge in [0.1, 0.15) is 0 Å². The van der Waals surface area contributed by atoms with E-state index in [-0.39, 0.29) is 11.8 Å². The van der Waals surface area contributed by atoms with Crippen LogP contribution >= 0.6 is 0 Å². The third-order valence-corrected chi connectivity index (χ3v) is 3.65. The Kier molecular flexibility index (Phi) is 6.32. The van der Waals surface area contributed by atoms with Gasteiger partial charge in [0, 0.05) is 23.5 Å². The van der Waals surface area contributed by atoms with Crippen LogP contribution in [0.1, 0.15) is 25.0 Å². The van der Waals surface area contributed by atoms with Crippen LogP contribution in [-0.4, -0.2) is 11.8 Å². The summed E-state index contributed by atoms with van der Waals surface area (Å²) < 4.78 is 0. The zero-order valence-corrected chi connectivity index (χ0v) is 14.0. The molecule has 0 saturated carbocycles. The number of benzene rings is 2. The van der Waals surface area contributed by atoms with Gasteiger partial charge in [0.2, 0.25) is 11.8 Å². The summed E-state index contributed by atoms with van der Waals surface area (Å²) in [5.74, 6) is -0.675. The first kappa shape index (κ1) is 17.5. The fourth-order valence-electron chi connectivity index (χ4n) is 2.17. The van der Waals surface area contributed by atoms with Gasteiger partial charge in [0.05, 0.1) is 0 Å². The van der Waals surface area contributed by atoms with Crippen LogP contribution in [0.3, 0.4) is 0 Å². The van der Waals surface area contributed by atoms with Crippen LogP contribution < -0.4 is 10.6 Å². The summed E-state index contributed by atoms with van der Waals surface area (Å²) in [4.78, 5) is 23.7. The van der Waals surface area contributed by atoms with E-state index in [0.29, 0.717) is 11.4 Å². The maximum absolute atomic E-state index is 11.8. The minimum atomic E-state index is -0.337. The summed E-state index contributed by atoms with van der Waals surface area (Å²) >= 11 is 0. The summed E-state index contributed by atoms with van der Waals surface area (Å²) in [7, 11) is 0. The molecule has 2 aromatic carbocycles. The zero-order chi connectivity index (χ0) is 17.4. The Bertz CT molecular complexity index is 653. The number of nitrogens with one attached hydrogen (secondary N) is 2. The molecule has 0 atom stereocenters. The molecule has 2 N–H and O–H groups in total. The van der Waals surface area contributed by atoms with Gasteiger partial charge in [0.25, 0.3) is 0 Å². The molecular formula is C20H22N2O2. The molecule has 0 aromatic heterocycles. The molecule has 0 saturated heterocycles. The van der Waals surface area contributed by atoms with Crippen molar-refractivity contribution in [3.8, 4) is 0 Å². The Balaban J connectivity index is 1.86. The summed E-state index contributed by atoms with van der Waals surface area (Å²) in [6.07, 6.45) is 4.36. The van der Waals surface area contributed by atoms with Crippen molar-refractivity contribution >= 4 is 23.2 Å². The van der Waals surface area contributed by atoms with E-state index >= 15 is 0 Å². The minimum absolute atomic E-state index is 0.337. The molecule has 2 rings (SSSR count). The number of hydrogen-bond acceptors (Lipinski definition) is 2. The van der Waals surface area contributed by atoms with Gasteiger partial charge in [-0.05, 0) is 48.2 Å².